The normalized spacial score (nSPS) is 11.0. The van der Waals surface area contributed by atoms with Crippen LogP contribution < -0.4 is 5.32 Å². The maximum atomic E-state index is 11.5. The molecule has 0 aliphatic heterocycles. The molecule has 1 amide bonds. The molecule has 5 heteroatoms. The predicted octanol–water partition coefficient (Wildman–Crippen LogP) is 1.93. The topological polar surface area (TPSA) is 67.0 Å². The van der Waals surface area contributed by atoms with Crippen molar-refractivity contribution in [2.75, 3.05) is 11.9 Å². The zero-order valence-corrected chi connectivity index (χ0v) is 9.86. The van der Waals surface area contributed by atoms with Crippen LogP contribution in [0.25, 0.3) is 10.9 Å². The van der Waals surface area contributed by atoms with Crippen molar-refractivity contribution >= 4 is 22.5 Å². The van der Waals surface area contributed by atoms with Gasteiger partial charge in [-0.25, -0.2) is 0 Å². The van der Waals surface area contributed by atoms with E-state index in [-0.39, 0.29) is 18.6 Å². The standard InChI is InChI=1S/C12H15N3O2/c1-8(2)17-7-12(16)14-10-4-3-9-6-13-15-11(9)5-10/h3-6,8H,7H2,1-2H3,(H,13,15)(H,14,16). The Labute approximate surface area is 99.2 Å². The summed E-state index contributed by atoms with van der Waals surface area (Å²) in [4.78, 5) is 11.5. The van der Waals surface area contributed by atoms with Crippen LogP contribution in [0.15, 0.2) is 24.4 Å². The maximum Gasteiger partial charge on any atom is 0.250 e. The van der Waals surface area contributed by atoms with Gasteiger partial charge in [-0.05, 0) is 32.0 Å². The highest BCUT2D eigenvalue weighted by molar-refractivity contribution is 5.94. The van der Waals surface area contributed by atoms with Crippen molar-refractivity contribution in [1.82, 2.24) is 10.2 Å². The minimum absolute atomic E-state index is 0.0517. The molecule has 0 atom stereocenters. The van der Waals surface area contributed by atoms with Gasteiger partial charge in [0.25, 0.3) is 0 Å². The number of ether oxygens (including phenoxy) is 1. The van der Waals surface area contributed by atoms with Crippen LogP contribution in [0.4, 0.5) is 5.69 Å². The Hall–Kier alpha value is -1.88. The predicted molar refractivity (Wildman–Crippen MR) is 65.8 cm³/mol. The minimum Gasteiger partial charge on any atom is -0.369 e. The van der Waals surface area contributed by atoms with Gasteiger partial charge in [0.1, 0.15) is 6.61 Å². The molecule has 1 aromatic carbocycles. The van der Waals surface area contributed by atoms with Crippen molar-refractivity contribution < 1.29 is 9.53 Å². The molecule has 0 aliphatic rings. The highest BCUT2D eigenvalue weighted by atomic mass is 16.5. The van der Waals surface area contributed by atoms with Crippen LogP contribution in [0.5, 0.6) is 0 Å². The number of amides is 1. The summed E-state index contributed by atoms with van der Waals surface area (Å²) in [6.45, 7) is 3.85. The quantitative estimate of drug-likeness (QED) is 0.847. The number of aromatic amines is 1. The van der Waals surface area contributed by atoms with Gasteiger partial charge >= 0.3 is 0 Å². The van der Waals surface area contributed by atoms with Crippen LogP contribution in [0, 0.1) is 0 Å². The highest BCUT2D eigenvalue weighted by Crippen LogP contribution is 2.16. The van der Waals surface area contributed by atoms with Gasteiger partial charge in [0.2, 0.25) is 5.91 Å². The van der Waals surface area contributed by atoms with E-state index in [0.29, 0.717) is 0 Å². The molecule has 90 valence electrons. The molecule has 2 aromatic rings. The summed E-state index contributed by atoms with van der Waals surface area (Å²) < 4.78 is 5.22. The number of anilines is 1. The number of benzene rings is 1. The second-order valence-corrected chi connectivity index (χ2v) is 4.08. The van der Waals surface area contributed by atoms with Gasteiger partial charge in [0, 0.05) is 11.1 Å². The van der Waals surface area contributed by atoms with Gasteiger partial charge in [0.15, 0.2) is 0 Å². The molecule has 0 fully saturated rings. The average Bonchev–Trinajstić information content (AvgIpc) is 2.73. The van der Waals surface area contributed by atoms with Gasteiger partial charge in [0.05, 0.1) is 17.8 Å². The lowest BCUT2D eigenvalue weighted by Crippen LogP contribution is -2.20. The molecule has 0 saturated carbocycles. The summed E-state index contributed by atoms with van der Waals surface area (Å²) in [5, 5.41) is 10.6. The van der Waals surface area contributed by atoms with E-state index in [9.17, 15) is 4.79 Å². The fraction of sp³-hybridized carbons (Fsp3) is 0.333. The molecule has 0 saturated heterocycles. The molecule has 5 nitrogen and oxygen atoms in total. The zero-order chi connectivity index (χ0) is 12.3. The number of nitrogens with zero attached hydrogens (tertiary/aromatic N) is 1. The van der Waals surface area contributed by atoms with Gasteiger partial charge in [-0.15, -0.1) is 0 Å². The number of rotatable bonds is 4. The van der Waals surface area contributed by atoms with Crippen LogP contribution in [-0.2, 0) is 9.53 Å². The van der Waals surface area contributed by atoms with Crippen LogP contribution in [0.1, 0.15) is 13.8 Å². The monoisotopic (exact) mass is 233 g/mol. The van der Waals surface area contributed by atoms with Gasteiger partial charge in [-0.2, -0.15) is 5.10 Å². The first-order chi connectivity index (χ1) is 8.15. The fourth-order valence-electron chi connectivity index (χ4n) is 1.45. The largest absolute Gasteiger partial charge is 0.369 e. The first-order valence-corrected chi connectivity index (χ1v) is 5.50. The molecule has 0 aliphatic carbocycles. The maximum absolute atomic E-state index is 11.5. The molecular formula is C12H15N3O2. The lowest BCUT2D eigenvalue weighted by molar-refractivity contribution is -0.121. The summed E-state index contributed by atoms with van der Waals surface area (Å²) >= 11 is 0. The first kappa shape index (κ1) is 11.6. The van der Waals surface area contributed by atoms with Crippen LogP contribution in [0.2, 0.25) is 0 Å². The van der Waals surface area contributed by atoms with E-state index in [0.717, 1.165) is 16.6 Å². The first-order valence-electron chi connectivity index (χ1n) is 5.50. The molecule has 0 bridgehead atoms. The molecular weight excluding hydrogens is 218 g/mol. The smallest absolute Gasteiger partial charge is 0.250 e. The van der Waals surface area contributed by atoms with E-state index in [1.165, 1.54) is 0 Å². The molecule has 17 heavy (non-hydrogen) atoms. The van der Waals surface area contributed by atoms with Crippen molar-refractivity contribution in [1.29, 1.82) is 0 Å². The molecule has 0 spiro atoms. The number of fused-ring (bicyclic) bond motifs is 1. The molecule has 0 radical (unpaired) electrons. The van der Waals surface area contributed by atoms with Crippen LogP contribution in [0.3, 0.4) is 0 Å². The highest BCUT2D eigenvalue weighted by Gasteiger charge is 2.05. The molecule has 1 aromatic heterocycles. The molecule has 1 heterocycles. The summed E-state index contributed by atoms with van der Waals surface area (Å²) in [5.74, 6) is -0.155. The number of aromatic nitrogens is 2. The Kier molecular flexibility index (Phi) is 3.39. The van der Waals surface area contributed by atoms with Crippen LogP contribution in [-0.4, -0.2) is 28.8 Å². The van der Waals surface area contributed by atoms with Crippen molar-refractivity contribution in [3.8, 4) is 0 Å². The van der Waals surface area contributed by atoms with Crippen molar-refractivity contribution in [2.45, 2.75) is 20.0 Å². The number of carbonyl (C=O) groups is 1. The van der Waals surface area contributed by atoms with Gasteiger partial charge < -0.3 is 10.1 Å². The van der Waals surface area contributed by atoms with E-state index >= 15 is 0 Å². The lowest BCUT2D eigenvalue weighted by Gasteiger charge is -2.08. The zero-order valence-electron chi connectivity index (χ0n) is 9.86. The number of nitrogens with one attached hydrogen (secondary N) is 2. The number of H-pyrrole nitrogens is 1. The Morgan fingerprint density at radius 2 is 2.35 bits per heavy atom. The SMILES string of the molecule is CC(C)OCC(=O)Nc1ccc2cn[nH]c2c1. The molecule has 0 unspecified atom stereocenters. The third-order valence-electron chi connectivity index (χ3n) is 2.27. The Morgan fingerprint density at radius 1 is 1.53 bits per heavy atom. The summed E-state index contributed by atoms with van der Waals surface area (Å²) in [6.07, 6.45) is 1.79. The van der Waals surface area contributed by atoms with Crippen molar-refractivity contribution in [3.63, 3.8) is 0 Å². The van der Waals surface area contributed by atoms with Gasteiger partial charge in [-0.1, -0.05) is 0 Å². The summed E-state index contributed by atoms with van der Waals surface area (Å²) in [5.41, 5.74) is 1.63. The second kappa shape index (κ2) is 4.97. The Morgan fingerprint density at radius 3 is 3.12 bits per heavy atom. The van der Waals surface area contributed by atoms with E-state index < -0.39 is 0 Å². The Balaban J connectivity index is 2.00. The minimum atomic E-state index is -0.155. The van der Waals surface area contributed by atoms with E-state index in [2.05, 4.69) is 15.5 Å². The van der Waals surface area contributed by atoms with Gasteiger partial charge in [-0.3, -0.25) is 9.89 Å². The average molecular weight is 233 g/mol. The van der Waals surface area contributed by atoms with Crippen molar-refractivity contribution in [2.24, 2.45) is 0 Å². The second-order valence-electron chi connectivity index (χ2n) is 4.08. The molecule has 2 N–H and O–H groups in total. The molecule has 2 rings (SSSR count). The summed E-state index contributed by atoms with van der Waals surface area (Å²) in [6, 6.07) is 5.58. The summed E-state index contributed by atoms with van der Waals surface area (Å²) in [7, 11) is 0. The van der Waals surface area contributed by atoms with E-state index in [1.54, 1.807) is 6.20 Å². The lowest BCUT2D eigenvalue weighted by atomic mass is 10.2. The van der Waals surface area contributed by atoms with Crippen LogP contribution >= 0.6 is 0 Å². The van der Waals surface area contributed by atoms with E-state index in [4.69, 9.17) is 4.74 Å². The Bertz CT molecular complexity index is 519. The van der Waals surface area contributed by atoms with E-state index in [1.807, 2.05) is 32.0 Å². The number of hydrogen-bond donors (Lipinski definition) is 2. The fourth-order valence-corrected chi connectivity index (χ4v) is 1.45. The number of hydrogen-bond acceptors (Lipinski definition) is 3. The third kappa shape index (κ3) is 3.04. The third-order valence-corrected chi connectivity index (χ3v) is 2.27. The number of carbonyl (C=O) groups excluding carboxylic acids is 1. The van der Waals surface area contributed by atoms with Crippen molar-refractivity contribution in [3.05, 3.63) is 24.4 Å².